The van der Waals surface area contributed by atoms with Gasteiger partial charge in [-0.2, -0.15) is 0 Å². The molecule has 2 heteroatoms. The van der Waals surface area contributed by atoms with E-state index < -0.39 is 0 Å². The van der Waals surface area contributed by atoms with E-state index >= 15 is 0 Å². The maximum absolute atomic E-state index is 5.38. The first-order valence-corrected chi connectivity index (χ1v) is 3.50. The van der Waals surface area contributed by atoms with Crippen LogP contribution in [0.3, 0.4) is 0 Å². The lowest BCUT2D eigenvalue weighted by molar-refractivity contribution is 0.401. The van der Waals surface area contributed by atoms with E-state index in [1.807, 2.05) is 0 Å². The van der Waals surface area contributed by atoms with Crippen LogP contribution in [0.1, 0.15) is 5.56 Å². The van der Waals surface area contributed by atoms with Gasteiger partial charge in [0.2, 0.25) is 0 Å². The van der Waals surface area contributed by atoms with Gasteiger partial charge in [0.25, 0.3) is 0 Å². The number of benzene rings is 1. The highest BCUT2D eigenvalue weighted by Gasteiger charge is 2.00. The molecule has 0 saturated heterocycles. The zero-order chi connectivity index (χ0) is 8.97. The Bertz CT molecular complexity index is 279. The largest absolute Gasteiger partial charge is 0.496 e. The molecule has 2 radical (unpaired) electrons. The predicted molar refractivity (Wildman–Crippen MR) is 47.1 cm³/mol. The Morgan fingerprint density at radius 1 is 1.42 bits per heavy atom. The molecule has 0 aliphatic carbocycles. The highest BCUT2D eigenvalue weighted by molar-refractivity contribution is 5.57. The van der Waals surface area contributed by atoms with Crippen molar-refractivity contribution in [2.75, 3.05) is 14.2 Å². The Kier molecular flexibility index (Phi) is 2.75. The molecule has 0 heterocycles. The fraction of sp³-hybridized carbons (Fsp3) is 0.200. The van der Waals surface area contributed by atoms with Crippen LogP contribution in [0, 0.1) is 12.6 Å². The van der Waals surface area contributed by atoms with Crippen LogP contribution < -0.4 is 9.47 Å². The second kappa shape index (κ2) is 3.81. The SMILES string of the molecule is [CH]=Cc1cc(OC)[c]cc1OC. The van der Waals surface area contributed by atoms with Crippen molar-refractivity contribution >= 4 is 6.08 Å². The Labute approximate surface area is 72.4 Å². The summed E-state index contributed by atoms with van der Waals surface area (Å²) in [7, 11) is 3.17. The highest BCUT2D eigenvalue weighted by atomic mass is 16.5. The number of methoxy groups -OCH3 is 2. The van der Waals surface area contributed by atoms with Crippen molar-refractivity contribution in [3.8, 4) is 11.5 Å². The zero-order valence-corrected chi connectivity index (χ0v) is 7.13. The molecule has 0 aliphatic rings. The first-order valence-electron chi connectivity index (χ1n) is 3.50. The lowest BCUT2D eigenvalue weighted by Crippen LogP contribution is -1.89. The second-order valence-electron chi connectivity index (χ2n) is 2.19. The minimum absolute atomic E-state index is 0.646. The van der Waals surface area contributed by atoms with E-state index in [4.69, 9.17) is 16.1 Å². The molecule has 0 atom stereocenters. The van der Waals surface area contributed by atoms with Crippen molar-refractivity contribution in [2.24, 2.45) is 0 Å². The summed E-state index contributed by atoms with van der Waals surface area (Å²) in [4.78, 5) is 0. The molecule has 0 bridgehead atoms. The number of hydrogen-bond donors (Lipinski definition) is 0. The summed E-state index contributed by atoms with van der Waals surface area (Å²) in [5.41, 5.74) is 0.799. The standard InChI is InChI=1S/C10H10O2/c1-4-8-7-9(11-2)5-6-10(8)12-3/h1,4,6-7H,2-3H3. The quantitative estimate of drug-likeness (QED) is 0.676. The normalized spacial score (nSPS) is 9.17. The van der Waals surface area contributed by atoms with Gasteiger partial charge in [0.15, 0.2) is 0 Å². The van der Waals surface area contributed by atoms with Gasteiger partial charge in [-0.1, -0.05) is 12.7 Å². The van der Waals surface area contributed by atoms with E-state index in [1.54, 1.807) is 26.4 Å². The molecule has 1 aromatic rings. The zero-order valence-electron chi connectivity index (χ0n) is 7.13. The molecule has 0 unspecified atom stereocenters. The molecule has 0 spiro atoms. The van der Waals surface area contributed by atoms with E-state index in [-0.39, 0.29) is 0 Å². The molecule has 0 N–H and O–H groups in total. The van der Waals surface area contributed by atoms with Gasteiger partial charge in [-0.15, -0.1) is 0 Å². The van der Waals surface area contributed by atoms with E-state index in [1.165, 1.54) is 6.08 Å². The molecule has 0 fully saturated rings. The van der Waals surface area contributed by atoms with Crippen molar-refractivity contribution < 1.29 is 9.47 Å². The molecular weight excluding hydrogens is 152 g/mol. The summed E-state index contributed by atoms with van der Waals surface area (Å²) in [5.74, 6) is 1.34. The summed E-state index contributed by atoms with van der Waals surface area (Å²) in [5, 5.41) is 0. The van der Waals surface area contributed by atoms with Crippen molar-refractivity contribution in [1.29, 1.82) is 0 Å². The Hall–Kier alpha value is -1.44. The van der Waals surface area contributed by atoms with Gasteiger partial charge in [-0.3, -0.25) is 0 Å². The summed E-state index contributed by atoms with van der Waals surface area (Å²) in [6, 6.07) is 6.34. The topological polar surface area (TPSA) is 18.5 Å². The third kappa shape index (κ3) is 1.59. The molecule has 0 aromatic heterocycles. The Morgan fingerprint density at radius 2 is 2.17 bits per heavy atom. The minimum atomic E-state index is 0.646. The predicted octanol–water partition coefficient (Wildman–Crippen LogP) is 1.95. The molecule has 62 valence electrons. The van der Waals surface area contributed by atoms with Crippen LogP contribution in [0.4, 0.5) is 0 Å². The Morgan fingerprint density at radius 3 is 2.67 bits per heavy atom. The first-order chi connectivity index (χ1) is 5.81. The average Bonchev–Trinajstić information content (AvgIpc) is 2.16. The van der Waals surface area contributed by atoms with Gasteiger partial charge in [0.05, 0.1) is 14.2 Å². The van der Waals surface area contributed by atoms with E-state index in [9.17, 15) is 0 Å². The van der Waals surface area contributed by atoms with Gasteiger partial charge in [-0.25, -0.2) is 0 Å². The maximum Gasteiger partial charge on any atom is 0.127 e. The highest BCUT2D eigenvalue weighted by Crippen LogP contribution is 2.23. The summed E-state index contributed by atoms with van der Waals surface area (Å²) in [6.07, 6.45) is 1.47. The molecule has 0 amide bonds. The van der Waals surface area contributed by atoms with Crippen LogP contribution in [0.25, 0.3) is 6.08 Å². The van der Waals surface area contributed by atoms with E-state index in [0.717, 1.165) is 5.56 Å². The van der Waals surface area contributed by atoms with Crippen molar-refractivity contribution in [2.45, 2.75) is 0 Å². The Balaban J connectivity index is 3.10. The maximum atomic E-state index is 5.38. The lowest BCUT2D eigenvalue weighted by Gasteiger charge is -2.05. The van der Waals surface area contributed by atoms with Gasteiger partial charge in [0, 0.05) is 11.6 Å². The van der Waals surface area contributed by atoms with Crippen LogP contribution in [-0.4, -0.2) is 14.2 Å². The van der Waals surface area contributed by atoms with E-state index in [2.05, 4.69) is 6.07 Å². The molecule has 1 rings (SSSR count). The fourth-order valence-corrected chi connectivity index (χ4v) is 0.899. The van der Waals surface area contributed by atoms with E-state index in [0.29, 0.717) is 11.5 Å². The number of ether oxygens (including phenoxy) is 2. The smallest absolute Gasteiger partial charge is 0.127 e. The van der Waals surface area contributed by atoms with Crippen LogP contribution in [0.2, 0.25) is 0 Å². The summed E-state index contributed by atoms with van der Waals surface area (Å²) >= 11 is 0. The molecule has 12 heavy (non-hydrogen) atoms. The van der Waals surface area contributed by atoms with Gasteiger partial charge in [-0.05, 0) is 12.1 Å². The van der Waals surface area contributed by atoms with Crippen molar-refractivity contribution in [3.63, 3.8) is 0 Å². The number of rotatable bonds is 3. The minimum Gasteiger partial charge on any atom is -0.496 e. The molecule has 1 aromatic carbocycles. The van der Waals surface area contributed by atoms with Crippen molar-refractivity contribution in [3.05, 3.63) is 30.3 Å². The van der Waals surface area contributed by atoms with Crippen LogP contribution in [0.5, 0.6) is 11.5 Å². The van der Waals surface area contributed by atoms with Crippen LogP contribution in [-0.2, 0) is 0 Å². The molecular formula is C10H10O2. The van der Waals surface area contributed by atoms with Crippen molar-refractivity contribution in [1.82, 2.24) is 0 Å². The summed E-state index contributed by atoms with van der Waals surface area (Å²) < 4.78 is 10.0. The summed E-state index contributed by atoms with van der Waals surface area (Å²) in [6.45, 7) is 5.38. The molecule has 0 aliphatic heterocycles. The van der Waals surface area contributed by atoms with Crippen LogP contribution in [0.15, 0.2) is 12.1 Å². The van der Waals surface area contributed by atoms with Gasteiger partial charge >= 0.3 is 0 Å². The lowest BCUT2D eigenvalue weighted by atomic mass is 10.2. The fourth-order valence-electron chi connectivity index (χ4n) is 0.899. The monoisotopic (exact) mass is 162 g/mol. The second-order valence-corrected chi connectivity index (χ2v) is 2.19. The molecule has 0 saturated carbocycles. The molecule has 2 nitrogen and oxygen atoms in total. The number of hydrogen-bond acceptors (Lipinski definition) is 2. The third-order valence-electron chi connectivity index (χ3n) is 1.54. The third-order valence-corrected chi connectivity index (χ3v) is 1.54. The average molecular weight is 162 g/mol. The van der Waals surface area contributed by atoms with Crippen LogP contribution >= 0.6 is 0 Å². The first kappa shape index (κ1) is 8.65. The van der Waals surface area contributed by atoms with Gasteiger partial charge < -0.3 is 9.47 Å². The van der Waals surface area contributed by atoms with Gasteiger partial charge in [0.1, 0.15) is 11.5 Å².